The Morgan fingerprint density at radius 1 is 1.38 bits per heavy atom. The van der Waals surface area contributed by atoms with Gasteiger partial charge in [0.2, 0.25) is 0 Å². The van der Waals surface area contributed by atoms with Crippen LogP contribution in [0.25, 0.3) is 0 Å². The molecule has 0 fully saturated rings. The van der Waals surface area contributed by atoms with Gasteiger partial charge < -0.3 is 20.4 Å². The molecule has 2 aromatic rings. The zero-order chi connectivity index (χ0) is 18.7. The highest BCUT2D eigenvalue weighted by Gasteiger charge is 2.32. The molecule has 1 aliphatic rings. The van der Waals surface area contributed by atoms with E-state index in [1.165, 1.54) is 18.2 Å². The highest BCUT2D eigenvalue weighted by Crippen LogP contribution is 2.29. The van der Waals surface area contributed by atoms with Crippen molar-refractivity contribution in [3.8, 4) is 5.75 Å². The number of aromatic nitrogens is 3. The quantitative estimate of drug-likeness (QED) is 0.639. The molecule has 26 heavy (non-hydrogen) atoms. The molecule has 3 N–H and O–H groups in total. The lowest BCUT2D eigenvalue weighted by atomic mass is 9.99. The highest BCUT2D eigenvalue weighted by atomic mass is 19.4. The number of anilines is 1. The van der Waals surface area contributed by atoms with Crippen molar-refractivity contribution in [2.24, 2.45) is 16.6 Å². The zero-order valence-corrected chi connectivity index (χ0v) is 14.1. The summed E-state index contributed by atoms with van der Waals surface area (Å²) in [4.78, 5) is 4.26. The third-order valence-corrected chi connectivity index (χ3v) is 4.12. The number of nitrogens with zero attached hydrogens (tertiary/aromatic N) is 4. The molecule has 1 aliphatic heterocycles. The SMILES string of the molecule is Cc1nnc2n1CC(CN=C(N)Nc1ccccc1OC(F)(F)F)CC2. The number of rotatable bonds is 4. The number of hydrogen-bond donors (Lipinski definition) is 2. The van der Waals surface area contributed by atoms with E-state index >= 15 is 0 Å². The Morgan fingerprint density at radius 3 is 2.92 bits per heavy atom. The number of ether oxygens (including phenoxy) is 1. The molecule has 0 aliphatic carbocycles. The van der Waals surface area contributed by atoms with Gasteiger partial charge in [0.25, 0.3) is 0 Å². The first kappa shape index (κ1) is 18.0. The Kier molecular flexibility index (Phi) is 5.01. The van der Waals surface area contributed by atoms with Crippen LogP contribution in [-0.4, -0.2) is 33.6 Å². The number of halogens is 3. The third-order valence-electron chi connectivity index (χ3n) is 4.12. The van der Waals surface area contributed by atoms with Gasteiger partial charge in [-0.2, -0.15) is 0 Å². The molecule has 1 unspecified atom stereocenters. The van der Waals surface area contributed by atoms with Gasteiger partial charge in [-0.3, -0.25) is 4.99 Å². The molecule has 2 heterocycles. The molecule has 1 aromatic carbocycles. The molecule has 0 saturated heterocycles. The maximum Gasteiger partial charge on any atom is 0.573 e. The van der Waals surface area contributed by atoms with Gasteiger partial charge in [0.1, 0.15) is 11.6 Å². The Labute approximate surface area is 148 Å². The Balaban J connectivity index is 1.62. The van der Waals surface area contributed by atoms with E-state index < -0.39 is 6.36 Å². The summed E-state index contributed by atoms with van der Waals surface area (Å²) in [5.74, 6) is 1.76. The molecule has 3 rings (SSSR count). The van der Waals surface area contributed by atoms with Crippen LogP contribution < -0.4 is 15.8 Å². The van der Waals surface area contributed by atoms with Crippen molar-refractivity contribution in [3.63, 3.8) is 0 Å². The number of alkyl halides is 3. The van der Waals surface area contributed by atoms with Crippen molar-refractivity contribution in [2.45, 2.75) is 32.7 Å². The normalized spacial score (nSPS) is 17.7. The van der Waals surface area contributed by atoms with Crippen LogP contribution in [0.4, 0.5) is 18.9 Å². The number of guanidine groups is 1. The standard InChI is InChI=1S/C16H19F3N6O/c1-10-23-24-14-7-6-11(9-25(10)14)8-21-15(20)22-12-4-2-3-5-13(12)26-16(17,18)19/h2-5,11H,6-9H2,1H3,(H3,20,21,22). The molecule has 7 nitrogen and oxygen atoms in total. The van der Waals surface area contributed by atoms with Crippen molar-refractivity contribution < 1.29 is 17.9 Å². The van der Waals surface area contributed by atoms with Crippen molar-refractivity contribution in [2.75, 3.05) is 11.9 Å². The second-order valence-corrected chi connectivity index (χ2v) is 6.07. The van der Waals surface area contributed by atoms with E-state index in [9.17, 15) is 13.2 Å². The maximum absolute atomic E-state index is 12.5. The van der Waals surface area contributed by atoms with Crippen LogP contribution in [0.1, 0.15) is 18.1 Å². The van der Waals surface area contributed by atoms with Gasteiger partial charge in [-0.25, -0.2) is 0 Å². The van der Waals surface area contributed by atoms with Gasteiger partial charge in [0, 0.05) is 19.5 Å². The lowest BCUT2D eigenvalue weighted by Gasteiger charge is -2.22. The number of nitrogens with one attached hydrogen (secondary N) is 1. The van der Waals surface area contributed by atoms with E-state index in [0.717, 1.165) is 31.0 Å². The number of hydrogen-bond acceptors (Lipinski definition) is 4. The second kappa shape index (κ2) is 7.22. The van der Waals surface area contributed by atoms with Gasteiger partial charge >= 0.3 is 6.36 Å². The average Bonchev–Trinajstić information content (AvgIpc) is 2.94. The van der Waals surface area contributed by atoms with E-state index in [2.05, 4.69) is 29.8 Å². The predicted octanol–water partition coefficient (Wildman–Crippen LogP) is 2.47. The van der Waals surface area contributed by atoms with E-state index in [1.54, 1.807) is 6.07 Å². The second-order valence-electron chi connectivity index (χ2n) is 6.07. The van der Waals surface area contributed by atoms with Gasteiger partial charge in [0.15, 0.2) is 11.7 Å². The predicted molar refractivity (Wildman–Crippen MR) is 89.8 cm³/mol. The Bertz CT molecular complexity index is 802. The van der Waals surface area contributed by atoms with Gasteiger partial charge in [0.05, 0.1) is 5.69 Å². The van der Waals surface area contributed by atoms with Crippen LogP contribution >= 0.6 is 0 Å². The molecule has 0 bridgehead atoms. The maximum atomic E-state index is 12.5. The molecule has 0 radical (unpaired) electrons. The smallest absolute Gasteiger partial charge is 0.404 e. The lowest BCUT2D eigenvalue weighted by molar-refractivity contribution is -0.274. The monoisotopic (exact) mass is 368 g/mol. The summed E-state index contributed by atoms with van der Waals surface area (Å²) < 4.78 is 43.4. The van der Waals surface area contributed by atoms with Crippen molar-refractivity contribution in [1.82, 2.24) is 14.8 Å². The van der Waals surface area contributed by atoms with Crippen LogP contribution in [0.15, 0.2) is 29.3 Å². The molecule has 1 aromatic heterocycles. The molecule has 0 saturated carbocycles. The third kappa shape index (κ3) is 4.44. The van der Waals surface area contributed by atoms with Crippen LogP contribution in [0.5, 0.6) is 5.75 Å². The zero-order valence-electron chi connectivity index (χ0n) is 14.1. The summed E-state index contributed by atoms with van der Waals surface area (Å²) in [5.41, 5.74) is 5.93. The largest absolute Gasteiger partial charge is 0.573 e. The molecular weight excluding hydrogens is 349 g/mol. The van der Waals surface area contributed by atoms with Crippen molar-refractivity contribution in [1.29, 1.82) is 0 Å². The highest BCUT2D eigenvalue weighted by molar-refractivity contribution is 5.93. The summed E-state index contributed by atoms with van der Waals surface area (Å²) in [6.45, 7) is 3.10. The van der Waals surface area contributed by atoms with Crippen molar-refractivity contribution >= 4 is 11.6 Å². The summed E-state index contributed by atoms with van der Waals surface area (Å²) in [7, 11) is 0. The van der Waals surface area contributed by atoms with Crippen LogP contribution in [-0.2, 0) is 13.0 Å². The molecule has 0 amide bonds. The molecule has 140 valence electrons. The fraction of sp³-hybridized carbons (Fsp3) is 0.438. The van der Waals surface area contributed by atoms with Crippen LogP contribution in [0.2, 0.25) is 0 Å². The first-order valence-electron chi connectivity index (χ1n) is 8.12. The molecule has 10 heteroatoms. The Hall–Kier alpha value is -2.78. The topological polar surface area (TPSA) is 90.4 Å². The summed E-state index contributed by atoms with van der Waals surface area (Å²) in [6, 6.07) is 5.68. The number of aliphatic imine (C=N–C) groups is 1. The fourth-order valence-electron chi connectivity index (χ4n) is 2.87. The van der Waals surface area contributed by atoms with Crippen LogP contribution in [0.3, 0.4) is 0 Å². The minimum absolute atomic E-state index is 0.0366. The lowest BCUT2D eigenvalue weighted by Crippen LogP contribution is -2.27. The number of para-hydroxylation sites is 2. The van der Waals surface area contributed by atoms with Gasteiger partial charge in [-0.1, -0.05) is 12.1 Å². The van der Waals surface area contributed by atoms with Gasteiger partial charge in [-0.05, 0) is 31.4 Å². The van der Waals surface area contributed by atoms with Crippen LogP contribution in [0, 0.1) is 12.8 Å². The summed E-state index contributed by atoms with van der Waals surface area (Å²) >= 11 is 0. The van der Waals surface area contributed by atoms with Crippen molar-refractivity contribution in [3.05, 3.63) is 35.9 Å². The molecular formula is C16H19F3N6O. The first-order chi connectivity index (χ1) is 12.3. The molecule has 0 spiro atoms. The number of fused-ring (bicyclic) bond motifs is 1. The Morgan fingerprint density at radius 2 is 2.15 bits per heavy atom. The number of aryl methyl sites for hydroxylation is 2. The summed E-state index contributed by atoms with van der Waals surface area (Å²) in [5, 5.41) is 10.8. The fourth-order valence-corrected chi connectivity index (χ4v) is 2.87. The van der Waals surface area contributed by atoms with Gasteiger partial charge in [-0.15, -0.1) is 23.4 Å². The minimum atomic E-state index is -4.78. The van der Waals surface area contributed by atoms with E-state index in [1.807, 2.05) is 6.92 Å². The number of nitrogens with two attached hydrogens (primary N) is 1. The van der Waals surface area contributed by atoms with E-state index in [-0.39, 0.29) is 23.3 Å². The average molecular weight is 368 g/mol. The summed E-state index contributed by atoms with van der Waals surface area (Å²) in [6.07, 6.45) is -3.06. The van der Waals surface area contributed by atoms with E-state index in [0.29, 0.717) is 6.54 Å². The first-order valence-corrected chi connectivity index (χ1v) is 8.12. The van der Waals surface area contributed by atoms with E-state index in [4.69, 9.17) is 5.73 Å². The molecule has 1 atom stereocenters. The minimum Gasteiger partial charge on any atom is -0.404 e. The number of benzene rings is 1.